The van der Waals surface area contributed by atoms with Gasteiger partial charge in [-0.15, -0.1) is 0 Å². The predicted octanol–water partition coefficient (Wildman–Crippen LogP) is 9.61. The third-order valence-corrected chi connectivity index (χ3v) is 11.9. The van der Waals surface area contributed by atoms with E-state index in [1.165, 1.54) is 33.4 Å². The molecule has 2 atom stereocenters. The van der Waals surface area contributed by atoms with Crippen LogP contribution in [0.3, 0.4) is 0 Å². The van der Waals surface area contributed by atoms with Gasteiger partial charge in [0, 0.05) is 22.5 Å². The molecule has 292 valence electrons. The molecule has 2 aliphatic rings. The van der Waals surface area contributed by atoms with Crippen molar-refractivity contribution in [2.45, 2.75) is 81.3 Å². The monoisotopic (exact) mass is 766 g/mol. The Labute approximate surface area is 341 Å². The van der Waals surface area contributed by atoms with Gasteiger partial charge >= 0.3 is 0 Å². The molecule has 58 heavy (non-hydrogen) atoms. The maximum atomic E-state index is 14.0. The van der Waals surface area contributed by atoms with Gasteiger partial charge in [0.1, 0.15) is 0 Å². The fourth-order valence-corrected chi connectivity index (χ4v) is 9.12. The molecule has 8 heteroatoms. The summed E-state index contributed by atoms with van der Waals surface area (Å²) in [5, 5.41) is 6.34. The van der Waals surface area contributed by atoms with Crippen molar-refractivity contribution >= 4 is 23.0 Å². The van der Waals surface area contributed by atoms with Gasteiger partial charge in [-0.25, -0.2) is 9.97 Å². The Morgan fingerprint density at radius 3 is 1.28 bits per heavy atom. The van der Waals surface area contributed by atoms with Gasteiger partial charge in [0.2, 0.25) is 0 Å². The lowest BCUT2D eigenvalue weighted by molar-refractivity contribution is 0.0941. The molecule has 0 saturated heterocycles. The number of hydrogen-bond donors (Lipinski definition) is 2. The smallest absolute Gasteiger partial charge is 0.251 e. The van der Waals surface area contributed by atoms with Crippen LogP contribution in [0.15, 0.2) is 84.9 Å². The Balaban J connectivity index is 1.09. The first-order valence-corrected chi connectivity index (χ1v) is 20.2. The SMILES string of the molecule is Cc1cccc(-c2cccc(CNC(=O)c3cc(C)c4c(c3C)C(=C3c5c(C)c(C(=O)NCc6cccc(-c7cccc(C)n7)n6)cc(C)c5C[C@H]3C)[C@H](C)C4)n2)n1. The zero-order valence-corrected chi connectivity index (χ0v) is 34.7. The normalized spacial score (nSPS) is 16.9. The van der Waals surface area contributed by atoms with Crippen LogP contribution in [0.1, 0.15) is 102 Å². The lowest BCUT2D eigenvalue weighted by atomic mass is 9.83. The summed E-state index contributed by atoms with van der Waals surface area (Å²) >= 11 is 0. The van der Waals surface area contributed by atoms with E-state index >= 15 is 0 Å². The minimum Gasteiger partial charge on any atom is -0.346 e. The lowest BCUT2D eigenvalue weighted by Gasteiger charge is -2.21. The molecule has 0 unspecified atom stereocenters. The van der Waals surface area contributed by atoms with Crippen LogP contribution < -0.4 is 10.6 Å². The van der Waals surface area contributed by atoms with Gasteiger partial charge in [0.05, 0.1) is 47.3 Å². The van der Waals surface area contributed by atoms with E-state index in [1.54, 1.807) is 0 Å². The van der Waals surface area contributed by atoms with Crippen LogP contribution in [0, 0.1) is 53.4 Å². The number of allylic oxidation sites excluding steroid dienone is 2. The summed E-state index contributed by atoms with van der Waals surface area (Å²) in [6.07, 6.45) is 1.83. The van der Waals surface area contributed by atoms with Crippen LogP contribution in [0.25, 0.3) is 33.9 Å². The Morgan fingerprint density at radius 2 is 0.897 bits per heavy atom. The third-order valence-electron chi connectivity index (χ3n) is 11.9. The second-order valence-electron chi connectivity index (χ2n) is 16.2. The van der Waals surface area contributed by atoms with Gasteiger partial charge in [-0.3, -0.25) is 19.6 Å². The first-order chi connectivity index (χ1) is 27.9. The Hall–Kier alpha value is -6.28. The number of nitrogens with one attached hydrogen (secondary N) is 2. The number of pyridine rings is 4. The van der Waals surface area contributed by atoms with Crippen LogP contribution in [0.2, 0.25) is 0 Å². The van der Waals surface area contributed by atoms with E-state index in [9.17, 15) is 9.59 Å². The number of rotatable bonds is 8. The highest BCUT2D eigenvalue weighted by molar-refractivity contribution is 6.05. The van der Waals surface area contributed by atoms with Crippen molar-refractivity contribution < 1.29 is 9.59 Å². The molecule has 6 aromatic rings. The predicted molar refractivity (Wildman–Crippen MR) is 231 cm³/mol. The standard InChI is InChI=1S/C50H50N6O2/c1-27-21-39(49(57)51-25-35-15-11-19-43(55-35)41-17-9-13-31(5)53-41)33(7)47-37(27)23-29(3)45(47)46-30(4)24-38-28(2)22-40(34(8)48(38)46)50(58)52-26-36-16-12-20-44(56-36)42-18-10-14-32(6)54-42/h9-22,29-30H,23-26H2,1-8H3,(H,51,57)(H,52,58)/t29-,30-/m1/s1. The van der Waals surface area contributed by atoms with E-state index in [2.05, 4.69) is 74.3 Å². The highest BCUT2D eigenvalue weighted by Crippen LogP contribution is 2.52. The molecule has 0 bridgehead atoms. The highest BCUT2D eigenvalue weighted by atomic mass is 16.2. The van der Waals surface area contributed by atoms with Gasteiger partial charge in [-0.2, -0.15) is 0 Å². The van der Waals surface area contributed by atoms with Crippen molar-refractivity contribution in [3.8, 4) is 22.8 Å². The number of fused-ring (bicyclic) bond motifs is 2. The summed E-state index contributed by atoms with van der Waals surface area (Å²) in [4.78, 5) is 46.9. The van der Waals surface area contributed by atoms with Gasteiger partial charge in [0.25, 0.3) is 11.8 Å². The minimum atomic E-state index is -0.116. The number of carbonyl (C=O) groups is 2. The van der Waals surface area contributed by atoms with Crippen LogP contribution in [0.4, 0.5) is 0 Å². The zero-order valence-electron chi connectivity index (χ0n) is 34.7. The molecule has 0 saturated carbocycles. The average molecular weight is 767 g/mol. The molecule has 2 aliphatic carbocycles. The van der Waals surface area contributed by atoms with Crippen molar-refractivity contribution in [3.63, 3.8) is 0 Å². The zero-order chi connectivity index (χ0) is 40.8. The minimum absolute atomic E-state index is 0.116. The molecule has 2 aromatic carbocycles. The fraction of sp³-hybridized carbons (Fsp3) is 0.280. The fourth-order valence-electron chi connectivity index (χ4n) is 9.12. The number of aryl methyl sites for hydroxylation is 4. The highest BCUT2D eigenvalue weighted by Gasteiger charge is 2.38. The number of aromatic nitrogens is 4. The molecular formula is C50H50N6O2. The van der Waals surface area contributed by atoms with E-state index in [0.29, 0.717) is 24.2 Å². The van der Waals surface area contributed by atoms with Crippen molar-refractivity contribution in [2.24, 2.45) is 11.8 Å². The van der Waals surface area contributed by atoms with Crippen LogP contribution in [-0.4, -0.2) is 31.8 Å². The van der Waals surface area contributed by atoms with Gasteiger partial charge < -0.3 is 10.6 Å². The molecule has 2 N–H and O–H groups in total. The molecule has 8 rings (SSSR count). The van der Waals surface area contributed by atoms with E-state index < -0.39 is 0 Å². The second-order valence-corrected chi connectivity index (χ2v) is 16.2. The number of hydrogen-bond acceptors (Lipinski definition) is 6. The van der Waals surface area contributed by atoms with Crippen molar-refractivity contribution in [1.82, 2.24) is 30.6 Å². The van der Waals surface area contributed by atoms with Crippen molar-refractivity contribution in [1.29, 1.82) is 0 Å². The maximum absolute atomic E-state index is 14.0. The topological polar surface area (TPSA) is 110 Å². The van der Waals surface area contributed by atoms with Crippen molar-refractivity contribution in [3.05, 3.63) is 163 Å². The molecule has 4 heterocycles. The molecule has 0 aliphatic heterocycles. The van der Waals surface area contributed by atoms with E-state index in [4.69, 9.17) is 9.97 Å². The van der Waals surface area contributed by atoms with Crippen molar-refractivity contribution in [2.75, 3.05) is 0 Å². The first kappa shape index (κ1) is 38.6. The molecule has 8 nitrogen and oxygen atoms in total. The summed E-state index contributed by atoms with van der Waals surface area (Å²) in [5.74, 6) is 0.285. The number of amides is 2. The van der Waals surface area contributed by atoms with Crippen LogP contribution >= 0.6 is 0 Å². The molecule has 0 spiro atoms. The Bertz CT molecular complexity index is 2490. The Morgan fingerprint density at radius 1 is 0.534 bits per heavy atom. The third kappa shape index (κ3) is 7.23. The number of benzene rings is 2. The first-order valence-electron chi connectivity index (χ1n) is 20.2. The number of nitrogens with zero attached hydrogens (tertiary/aromatic N) is 4. The quantitative estimate of drug-likeness (QED) is 0.160. The Kier molecular flexibility index (Phi) is 10.4. The van der Waals surface area contributed by atoms with E-state index in [1.807, 2.05) is 86.6 Å². The van der Waals surface area contributed by atoms with Gasteiger partial charge in [0.15, 0.2) is 0 Å². The average Bonchev–Trinajstić information content (AvgIpc) is 3.75. The molecule has 0 fully saturated rings. The number of carbonyl (C=O) groups excluding carboxylic acids is 2. The molecule has 0 radical (unpaired) electrons. The second kappa shape index (κ2) is 15.6. The summed E-state index contributed by atoms with van der Waals surface area (Å²) in [7, 11) is 0. The van der Waals surface area contributed by atoms with E-state index in [-0.39, 0.29) is 23.7 Å². The van der Waals surface area contributed by atoms with Crippen LogP contribution in [0.5, 0.6) is 0 Å². The van der Waals surface area contributed by atoms with Gasteiger partial charge in [-0.1, -0.05) is 38.1 Å². The van der Waals surface area contributed by atoms with Crippen LogP contribution in [-0.2, 0) is 25.9 Å². The lowest BCUT2D eigenvalue weighted by Crippen LogP contribution is -2.25. The maximum Gasteiger partial charge on any atom is 0.251 e. The summed E-state index contributed by atoms with van der Waals surface area (Å²) < 4.78 is 0. The molecule has 4 aromatic heterocycles. The summed E-state index contributed by atoms with van der Waals surface area (Å²) in [6.45, 7) is 17.6. The summed E-state index contributed by atoms with van der Waals surface area (Å²) in [5.41, 5.74) is 19.8. The molecular weight excluding hydrogens is 717 g/mol. The van der Waals surface area contributed by atoms with Gasteiger partial charge in [-0.05, 0) is 183 Å². The van der Waals surface area contributed by atoms with E-state index in [0.717, 1.165) is 80.6 Å². The summed E-state index contributed by atoms with van der Waals surface area (Å²) in [6, 6.07) is 27.6. The molecule has 2 amide bonds. The largest absolute Gasteiger partial charge is 0.346 e.